The summed E-state index contributed by atoms with van der Waals surface area (Å²) >= 11 is 0. The molecule has 1 heterocycles. The van der Waals surface area contributed by atoms with Gasteiger partial charge in [0.05, 0.1) is 0 Å². The van der Waals surface area contributed by atoms with E-state index in [0.29, 0.717) is 22.5 Å². The first-order valence-corrected chi connectivity index (χ1v) is 14.5. The fourth-order valence-corrected chi connectivity index (χ4v) is 10.9. The highest BCUT2D eigenvalue weighted by molar-refractivity contribution is 5.38. The highest BCUT2D eigenvalue weighted by Crippen LogP contribution is 2.71. The molecule has 6 rings (SSSR count). The summed E-state index contributed by atoms with van der Waals surface area (Å²) in [6.07, 6.45) is 13.1. The van der Waals surface area contributed by atoms with E-state index in [9.17, 15) is 10.2 Å². The Hall–Kier alpha value is -1.06. The highest BCUT2D eigenvalue weighted by Gasteiger charge is 2.66. The minimum Gasteiger partial charge on any atom is -0.508 e. The molecule has 0 amide bonds. The van der Waals surface area contributed by atoms with Gasteiger partial charge in [0.1, 0.15) is 11.5 Å². The lowest BCUT2D eigenvalue weighted by Gasteiger charge is -2.67. The Morgan fingerprint density at radius 3 is 2.50 bits per heavy atom. The number of fused-ring (bicyclic) bond motifs is 6. The number of rotatable bonds is 4. The molecule has 3 heteroatoms. The lowest BCUT2D eigenvalue weighted by molar-refractivity contribution is -0.240. The van der Waals surface area contributed by atoms with Crippen molar-refractivity contribution in [3.05, 3.63) is 29.8 Å². The van der Waals surface area contributed by atoms with Crippen LogP contribution in [-0.4, -0.2) is 15.9 Å². The number of hydrogen-bond donors (Lipinski definition) is 3. The molecule has 0 bridgehead atoms. The molecule has 0 radical (unpaired) electrons. The number of benzene rings is 1. The molecule has 188 valence electrons. The molecular weight excluding hydrogens is 418 g/mol. The van der Waals surface area contributed by atoms with Crippen molar-refractivity contribution in [3.63, 3.8) is 0 Å². The maximum absolute atomic E-state index is 11.5. The average Bonchev–Trinajstić information content (AvgIpc) is 3.16. The van der Waals surface area contributed by atoms with Crippen LogP contribution in [0.15, 0.2) is 24.3 Å². The van der Waals surface area contributed by atoms with Gasteiger partial charge in [-0.1, -0.05) is 58.7 Å². The molecule has 1 aromatic carbocycles. The maximum Gasteiger partial charge on any atom is 0.121 e. The SMILES string of the molecule is CCC[C@@H](C)[C@H]1CC[C@H]2[C@@H]3CCC4CC5(O)NC(c6ccccc6O)[C@H]5C[C@]4(C)[C@H]3CC[C@]12C. The molecule has 1 aromatic rings. The lowest BCUT2D eigenvalue weighted by Crippen LogP contribution is -2.72. The van der Waals surface area contributed by atoms with Crippen LogP contribution in [-0.2, 0) is 0 Å². The van der Waals surface area contributed by atoms with Gasteiger partial charge in [0.15, 0.2) is 0 Å². The van der Waals surface area contributed by atoms with Crippen molar-refractivity contribution in [2.45, 2.75) is 104 Å². The number of aromatic hydroxyl groups is 1. The summed E-state index contributed by atoms with van der Waals surface area (Å²) in [5, 5.41) is 25.6. The van der Waals surface area contributed by atoms with Gasteiger partial charge in [0.2, 0.25) is 0 Å². The molecule has 0 spiro atoms. The molecule has 11 atom stereocenters. The largest absolute Gasteiger partial charge is 0.508 e. The molecule has 3 N–H and O–H groups in total. The maximum atomic E-state index is 11.5. The van der Waals surface area contributed by atoms with Crippen molar-refractivity contribution in [2.75, 3.05) is 0 Å². The number of nitrogens with one attached hydrogen (secondary N) is 1. The monoisotopic (exact) mass is 465 g/mol. The number of aliphatic hydroxyl groups is 1. The zero-order valence-corrected chi connectivity index (χ0v) is 21.9. The second-order valence-electron chi connectivity index (χ2n) is 13.8. The Kier molecular flexibility index (Phi) is 5.47. The van der Waals surface area contributed by atoms with Crippen LogP contribution in [0.2, 0.25) is 0 Å². The molecule has 4 aliphatic carbocycles. The molecule has 5 aliphatic rings. The van der Waals surface area contributed by atoms with Crippen LogP contribution in [0.5, 0.6) is 5.75 Å². The Bertz CT molecular complexity index is 932. The van der Waals surface area contributed by atoms with Crippen LogP contribution in [0, 0.1) is 52.3 Å². The van der Waals surface area contributed by atoms with E-state index in [2.05, 4.69) is 33.0 Å². The van der Waals surface area contributed by atoms with Crippen LogP contribution in [0.1, 0.15) is 104 Å². The van der Waals surface area contributed by atoms with Crippen molar-refractivity contribution < 1.29 is 10.2 Å². The quantitative estimate of drug-likeness (QED) is 0.447. The fraction of sp³-hybridized carbons (Fsp3) is 0.806. The third-order valence-corrected chi connectivity index (χ3v) is 12.5. The van der Waals surface area contributed by atoms with E-state index in [4.69, 9.17) is 0 Å². The summed E-state index contributed by atoms with van der Waals surface area (Å²) in [6, 6.07) is 7.80. The van der Waals surface area contributed by atoms with Crippen molar-refractivity contribution in [3.8, 4) is 5.75 Å². The van der Waals surface area contributed by atoms with Gasteiger partial charge < -0.3 is 10.2 Å². The van der Waals surface area contributed by atoms with Gasteiger partial charge in [0, 0.05) is 17.5 Å². The second-order valence-corrected chi connectivity index (χ2v) is 13.8. The van der Waals surface area contributed by atoms with Crippen molar-refractivity contribution in [2.24, 2.45) is 52.3 Å². The van der Waals surface area contributed by atoms with Crippen LogP contribution >= 0.6 is 0 Å². The van der Waals surface area contributed by atoms with Gasteiger partial charge in [-0.15, -0.1) is 0 Å². The smallest absolute Gasteiger partial charge is 0.121 e. The van der Waals surface area contributed by atoms with E-state index in [1.165, 1.54) is 51.4 Å². The minimum atomic E-state index is -0.749. The third-order valence-electron chi connectivity index (χ3n) is 12.5. The van der Waals surface area contributed by atoms with E-state index >= 15 is 0 Å². The summed E-state index contributed by atoms with van der Waals surface area (Å²) in [5.41, 5.74) is 1.08. The summed E-state index contributed by atoms with van der Waals surface area (Å²) in [7, 11) is 0. The summed E-state index contributed by atoms with van der Waals surface area (Å²) < 4.78 is 0. The first-order chi connectivity index (χ1) is 16.2. The third kappa shape index (κ3) is 3.14. The van der Waals surface area contributed by atoms with E-state index in [1.807, 2.05) is 18.2 Å². The molecule has 3 nitrogen and oxygen atoms in total. The average molecular weight is 466 g/mol. The Morgan fingerprint density at radius 1 is 0.971 bits per heavy atom. The second kappa shape index (κ2) is 7.97. The first-order valence-electron chi connectivity index (χ1n) is 14.5. The van der Waals surface area contributed by atoms with Crippen LogP contribution < -0.4 is 5.32 Å². The van der Waals surface area contributed by atoms with Crippen molar-refractivity contribution in [1.29, 1.82) is 0 Å². The molecule has 3 unspecified atom stereocenters. The Balaban J connectivity index is 1.26. The summed E-state index contributed by atoms with van der Waals surface area (Å²) in [4.78, 5) is 0. The van der Waals surface area contributed by atoms with Crippen LogP contribution in [0.3, 0.4) is 0 Å². The molecule has 1 saturated heterocycles. The summed E-state index contributed by atoms with van der Waals surface area (Å²) in [5.74, 6) is 5.56. The van der Waals surface area contributed by atoms with E-state index in [-0.39, 0.29) is 12.0 Å². The molecule has 4 saturated carbocycles. The molecular formula is C31H47NO2. The highest BCUT2D eigenvalue weighted by atomic mass is 16.3. The number of para-hydroxylation sites is 1. The van der Waals surface area contributed by atoms with Crippen molar-refractivity contribution in [1.82, 2.24) is 5.32 Å². The Labute approximate surface area is 207 Å². The summed E-state index contributed by atoms with van der Waals surface area (Å²) in [6.45, 7) is 10.2. The molecule has 1 aliphatic heterocycles. The van der Waals surface area contributed by atoms with Gasteiger partial charge in [-0.2, -0.15) is 0 Å². The van der Waals surface area contributed by atoms with Gasteiger partial charge in [-0.05, 0) is 104 Å². The van der Waals surface area contributed by atoms with E-state index in [1.54, 1.807) is 6.07 Å². The lowest BCUT2D eigenvalue weighted by atomic mass is 9.41. The van der Waals surface area contributed by atoms with Crippen LogP contribution in [0.25, 0.3) is 0 Å². The molecule has 34 heavy (non-hydrogen) atoms. The fourth-order valence-electron chi connectivity index (χ4n) is 10.9. The number of phenolic OH excluding ortho intramolecular Hbond substituents is 1. The first kappa shape index (κ1) is 23.3. The van der Waals surface area contributed by atoms with Crippen LogP contribution in [0.4, 0.5) is 0 Å². The predicted octanol–water partition coefficient (Wildman–Crippen LogP) is 7.05. The standard InChI is InChI=1S/C31H47NO2/c1-5-8-19(2)23-13-14-24-21-12-11-20-17-31(34)26(28(32-31)22-9-6-7-10-27(22)33)18-30(20,4)25(21)15-16-29(23,24)3/h6-7,9-10,19-21,23-26,28,32-34H,5,8,11-18H2,1-4H3/t19-,20?,21+,23-,24+,25+,26-,28?,29-,30+,31?/m1/s1. The van der Waals surface area contributed by atoms with Gasteiger partial charge >= 0.3 is 0 Å². The van der Waals surface area contributed by atoms with Crippen molar-refractivity contribution >= 4 is 0 Å². The van der Waals surface area contributed by atoms with Gasteiger partial charge in [0.25, 0.3) is 0 Å². The number of phenols is 1. The molecule has 5 fully saturated rings. The molecule has 0 aromatic heterocycles. The normalized spacial score (nSPS) is 50.3. The zero-order valence-electron chi connectivity index (χ0n) is 21.9. The predicted molar refractivity (Wildman–Crippen MR) is 137 cm³/mol. The minimum absolute atomic E-state index is 0.0731. The zero-order chi connectivity index (χ0) is 23.9. The number of hydrogen-bond acceptors (Lipinski definition) is 3. The van der Waals surface area contributed by atoms with Gasteiger partial charge in [-0.3, -0.25) is 5.32 Å². The Morgan fingerprint density at radius 2 is 1.74 bits per heavy atom. The van der Waals surface area contributed by atoms with E-state index < -0.39 is 5.72 Å². The topological polar surface area (TPSA) is 52.5 Å². The van der Waals surface area contributed by atoms with Gasteiger partial charge in [-0.25, -0.2) is 0 Å². The van der Waals surface area contributed by atoms with E-state index in [0.717, 1.165) is 48.0 Å².